The topological polar surface area (TPSA) is 186 Å². The van der Waals surface area contributed by atoms with Crippen molar-refractivity contribution in [2.45, 2.75) is 6.42 Å². The zero-order valence-electron chi connectivity index (χ0n) is 15.8. The largest absolute Gasteiger partial charge is 1.00 e. The molecule has 4 N–H and O–H groups in total. The number of carbonyl (C=O) groups excluding carboxylic acids is 2. The second-order valence-electron chi connectivity index (χ2n) is 5.11. The van der Waals surface area contributed by atoms with Crippen LogP contribution in [0.3, 0.4) is 0 Å². The second-order valence-corrected chi connectivity index (χ2v) is 5.11. The Kier molecular flexibility index (Phi) is 14.4. The molecule has 29 heavy (non-hydrogen) atoms. The number of nitrogens with zero attached hydrogens (tertiary/aromatic N) is 2. The van der Waals surface area contributed by atoms with Crippen LogP contribution in [0.5, 0.6) is 5.75 Å². The number of amides is 1. The van der Waals surface area contributed by atoms with Crippen LogP contribution < -0.4 is 74.6 Å². The van der Waals surface area contributed by atoms with Crippen LogP contribution in [-0.4, -0.2) is 35.0 Å². The van der Waals surface area contributed by atoms with E-state index in [1.807, 2.05) is 0 Å². The maximum Gasteiger partial charge on any atom is 1.00 e. The monoisotopic (exact) mass is 419 g/mol. The van der Waals surface area contributed by atoms with E-state index in [0.717, 1.165) is 12.1 Å². The van der Waals surface area contributed by atoms with E-state index in [1.165, 1.54) is 30.3 Å². The summed E-state index contributed by atoms with van der Waals surface area (Å²) in [5.41, 5.74) is 0.515. The van der Waals surface area contributed by atoms with E-state index in [4.69, 9.17) is 5.11 Å². The van der Waals surface area contributed by atoms with Crippen LogP contribution in [0, 0.1) is 0 Å². The van der Waals surface area contributed by atoms with Gasteiger partial charge in [0.2, 0.25) is 0 Å². The van der Waals surface area contributed by atoms with Crippen LogP contribution in [0.4, 0.5) is 11.4 Å². The molecule has 0 fully saturated rings. The molecular formula is C17H15N3Na2O7. The summed E-state index contributed by atoms with van der Waals surface area (Å²) in [7, 11) is 0. The Morgan fingerprint density at radius 1 is 0.966 bits per heavy atom. The number of carbonyl (C=O) groups is 3. The number of aliphatic carboxylic acids is 1. The SMILES string of the molecule is O.O=C([O-])CCNC(=O)c1ccc(N=Nc2ccc([O-])c(C(=O)O)c2)cc1.[Na+].[Na+]. The Hall–Kier alpha value is -1.79. The number of rotatable bonds is 7. The first-order chi connectivity index (χ1) is 12.4. The molecule has 12 heteroatoms. The third kappa shape index (κ3) is 9.50. The van der Waals surface area contributed by atoms with Crippen LogP contribution in [0.2, 0.25) is 0 Å². The van der Waals surface area contributed by atoms with Crippen LogP contribution >= 0.6 is 0 Å². The quantitative estimate of drug-likeness (QED) is 0.332. The minimum absolute atomic E-state index is 0. The van der Waals surface area contributed by atoms with E-state index in [1.54, 1.807) is 0 Å². The summed E-state index contributed by atoms with van der Waals surface area (Å²) in [6.45, 7) is -0.0375. The summed E-state index contributed by atoms with van der Waals surface area (Å²) >= 11 is 0. The Labute approximate surface area is 209 Å². The van der Waals surface area contributed by atoms with Gasteiger partial charge in [0, 0.05) is 24.5 Å². The molecule has 0 spiro atoms. The fourth-order valence-electron chi connectivity index (χ4n) is 1.92. The number of benzene rings is 2. The minimum Gasteiger partial charge on any atom is -0.872 e. The van der Waals surface area contributed by atoms with Gasteiger partial charge in [-0.2, -0.15) is 10.2 Å². The molecule has 142 valence electrons. The maximum atomic E-state index is 11.8. The number of azo groups is 1. The molecule has 2 aromatic carbocycles. The van der Waals surface area contributed by atoms with Gasteiger partial charge in [0.1, 0.15) is 0 Å². The van der Waals surface area contributed by atoms with Crippen molar-refractivity contribution < 1.29 is 94.3 Å². The Bertz CT molecular complexity index is 874. The Morgan fingerprint density at radius 3 is 2.07 bits per heavy atom. The molecular weight excluding hydrogens is 404 g/mol. The van der Waals surface area contributed by atoms with Crippen molar-refractivity contribution in [3.05, 3.63) is 53.6 Å². The normalized spacial score (nSPS) is 9.52. The second kappa shape index (κ2) is 14.2. The number of aromatic carboxylic acids is 1. The number of hydrogen-bond acceptors (Lipinski definition) is 7. The van der Waals surface area contributed by atoms with Crippen molar-refractivity contribution >= 4 is 29.2 Å². The number of carboxylic acids is 2. The summed E-state index contributed by atoms with van der Waals surface area (Å²) in [5.74, 6) is -3.66. The van der Waals surface area contributed by atoms with E-state index in [2.05, 4.69) is 15.5 Å². The van der Waals surface area contributed by atoms with Crippen LogP contribution in [-0.2, 0) is 4.79 Å². The molecule has 0 bridgehead atoms. The fourth-order valence-corrected chi connectivity index (χ4v) is 1.92. The minimum atomic E-state index is -1.35. The van der Waals surface area contributed by atoms with Crippen molar-refractivity contribution in [3.8, 4) is 5.75 Å². The third-order valence-electron chi connectivity index (χ3n) is 3.22. The van der Waals surface area contributed by atoms with E-state index >= 15 is 0 Å². The van der Waals surface area contributed by atoms with E-state index in [0.29, 0.717) is 11.3 Å². The van der Waals surface area contributed by atoms with Crippen molar-refractivity contribution in [2.75, 3.05) is 6.54 Å². The van der Waals surface area contributed by atoms with E-state index in [-0.39, 0.29) is 83.2 Å². The Morgan fingerprint density at radius 2 is 1.52 bits per heavy atom. The molecule has 0 saturated heterocycles. The van der Waals surface area contributed by atoms with Crippen molar-refractivity contribution in [3.63, 3.8) is 0 Å². The fraction of sp³-hybridized carbons (Fsp3) is 0.118. The molecule has 0 aromatic heterocycles. The summed E-state index contributed by atoms with van der Waals surface area (Å²) in [6, 6.07) is 9.54. The molecule has 2 rings (SSSR count). The molecule has 0 aliphatic rings. The van der Waals surface area contributed by atoms with E-state index < -0.39 is 29.2 Å². The molecule has 0 saturated carbocycles. The van der Waals surface area contributed by atoms with Crippen molar-refractivity contribution in [1.82, 2.24) is 5.32 Å². The smallest absolute Gasteiger partial charge is 0.872 e. The van der Waals surface area contributed by atoms with Gasteiger partial charge in [-0.05, 0) is 36.4 Å². The van der Waals surface area contributed by atoms with Gasteiger partial charge in [-0.1, -0.05) is 11.8 Å². The van der Waals surface area contributed by atoms with Gasteiger partial charge in [-0.25, -0.2) is 4.79 Å². The zero-order chi connectivity index (χ0) is 19.1. The van der Waals surface area contributed by atoms with Gasteiger partial charge >= 0.3 is 65.1 Å². The molecule has 0 aliphatic carbocycles. The Balaban J connectivity index is 0. The van der Waals surface area contributed by atoms with Crippen LogP contribution in [0.15, 0.2) is 52.7 Å². The molecule has 2 aromatic rings. The molecule has 0 heterocycles. The first-order valence-corrected chi connectivity index (χ1v) is 7.41. The summed E-state index contributed by atoms with van der Waals surface area (Å²) < 4.78 is 0. The molecule has 10 nitrogen and oxygen atoms in total. The van der Waals surface area contributed by atoms with Gasteiger partial charge in [0.05, 0.1) is 16.9 Å². The molecule has 0 radical (unpaired) electrons. The molecule has 0 aliphatic heterocycles. The van der Waals surface area contributed by atoms with Crippen molar-refractivity contribution in [1.29, 1.82) is 0 Å². The summed E-state index contributed by atoms with van der Waals surface area (Å²) in [6.07, 6.45) is -0.279. The maximum absolute atomic E-state index is 11.8. The predicted octanol–water partition coefficient (Wildman–Crippen LogP) is -6.07. The molecule has 1 amide bonds. The number of hydrogen-bond donors (Lipinski definition) is 2. The predicted molar refractivity (Wildman–Crippen MR) is 89.0 cm³/mol. The molecule has 0 atom stereocenters. The number of nitrogens with one attached hydrogen (secondary N) is 1. The third-order valence-corrected chi connectivity index (χ3v) is 3.22. The zero-order valence-corrected chi connectivity index (χ0v) is 19.8. The summed E-state index contributed by atoms with van der Waals surface area (Å²) in [4.78, 5) is 33.0. The van der Waals surface area contributed by atoms with Crippen molar-refractivity contribution in [2.24, 2.45) is 10.2 Å². The first-order valence-electron chi connectivity index (χ1n) is 7.41. The molecule has 0 unspecified atom stereocenters. The van der Waals surface area contributed by atoms with Gasteiger partial charge < -0.3 is 30.9 Å². The van der Waals surface area contributed by atoms with Gasteiger partial charge in [0.15, 0.2) is 0 Å². The van der Waals surface area contributed by atoms with Crippen LogP contribution in [0.25, 0.3) is 0 Å². The average molecular weight is 419 g/mol. The average Bonchev–Trinajstić information content (AvgIpc) is 2.60. The van der Waals surface area contributed by atoms with Crippen LogP contribution in [0.1, 0.15) is 27.1 Å². The number of carboxylic acid groups (broad SMARTS) is 2. The summed E-state index contributed by atoms with van der Waals surface area (Å²) in [5, 5.41) is 40.8. The van der Waals surface area contributed by atoms with E-state index in [9.17, 15) is 24.6 Å². The van der Waals surface area contributed by atoms with Gasteiger partial charge in [0.25, 0.3) is 5.91 Å². The van der Waals surface area contributed by atoms with Gasteiger partial charge in [-0.3, -0.25) is 4.79 Å². The van der Waals surface area contributed by atoms with Gasteiger partial charge in [-0.15, -0.1) is 0 Å². The standard InChI is InChI=1S/C17H15N3O6.2Na.H2O/c21-14-6-5-12(9-13(14)17(25)26)20-19-11-3-1-10(2-4-11)16(24)18-8-7-15(22)23;;;/h1-6,9,21H,7-8H2,(H,18,24)(H,22,23)(H,25,26);;;1H2/q;2*+1;/p-2. The first kappa shape index (κ1) is 29.4.